The van der Waals surface area contributed by atoms with Crippen LogP contribution >= 0.6 is 22.9 Å². The number of nitrogens with zero attached hydrogens (tertiary/aromatic N) is 3. The first-order valence-corrected chi connectivity index (χ1v) is 6.80. The van der Waals surface area contributed by atoms with Gasteiger partial charge in [0.15, 0.2) is 0 Å². The molecule has 0 aliphatic carbocycles. The Morgan fingerprint density at radius 3 is 2.83 bits per heavy atom. The Bertz CT molecular complexity index is 541. The lowest BCUT2D eigenvalue weighted by Gasteiger charge is -2.16. The maximum atomic E-state index is 6.10. The van der Waals surface area contributed by atoms with Crippen molar-refractivity contribution in [2.24, 2.45) is 0 Å². The van der Waals surface area contributed by atoms with Crippen LogP contribution in [0.25, 0.3) is 0 Å². The molecule has 0 fully saturated rings. The Kier molecular flexibility index (Phi) is 4.16. The van der Waals surface area contributed by atoms with Crippen molar-refractivity contribution in [3.63, 3.8) is 0 Å². The quantitative estimate of drug-likeness (QED) is 0.937. The summed E-state index contributed by atoms with van der Waals surface area (Å²) < 4.78 is 0. The Balaban J connectivity index is 2.05. The predicted molar refractivity (Wildman–Crippen MR) is 75.7 cm³/mol. The number of aromatic nitrogens is 2. The number of nitrogen functional groups attached to an aromatic ring is 1. The van der Waals surface area contributed by atoms with Crippen molar-refractivity contribution in [1.29, 1.82) is 0 Å². The Hall–Kier alpha value is -1.17. The summed E-state index contributed by atoms with van der Waals surface area (Å²) in [6, 6.07) is 3.49. The van der Waals surface area contributed by atoms with Crippen molar-refractivity contribution in [1.82, 2.24) is 14.9 Å². The number of thiazole rings is 1. The molecule has 2 heterocycles. The van der Waals surface area contributed by atoms with Crippen molar-refractivity contribution in [3.8, 4) is 0 Å². The summed E-state index contributed by atoms with van der Waals surface area (Å²) in [6.45, 7) is 3.52. The molecule has 2 rings (SSSR count). The van der Waals surface area contributed by atoms with Crippen LogP contribution in [0.1, 0.15) is 16.3 Å². The molecular formula is C12H15ClN4S. The number of pyridine rings is 1. The van der Waals surface area contributed by atoms with Crippen LogP contribution in [0.15, 0.2) is 17.6 Å². The molecule has 96 valence electrons. The molecule has 0 atom stereocenters. The van der Waals surface area contributed by atoms with Gasteiger partial charge in [0.2, 0.25) is 0 Å². The third-order valence-electron chi connectivity index (χ3n) is 2.62. The first-order valence-electron chi connectivity index (χ1n) is 5.54. The molecular weight excluding hydrogens is 268 g/mol. The minimum absolute atomic E-state index is 0.497. The van der Waals surface area contributed by atoms with Gasteiger partial charge in [-0.3, -0.25) is 4.90 Å². The van der Waals surface area contributed by atoms with Gasteiger partial charge in [-0.2, -0.15) is 0 Å². The lowest BCUT2D eigenvalue weighted by molar-refractivity contribution is 0.317. The van der Waals surface area contributed by atoms with E-state index in [1.54, 1.807) is 23.5 Å². The number of nitrogens with two attached hydrogens (primary N) is 1. The third-order valence-corrected chi connectivity index (χ3v) is 3.88. The lowest BCUT2D eigenvalue weighted by Crippen LogP contribution is -2.18. The second kappa shape index (κ2) is 5.65. The SMILES string of the molecule is Cc1ncsc1CN(C)Cc1nc(N)ccc1Cl. The summed E-state index contributed by atoms with van der Waals surface area (Å²) >= 11 is 7.76. The Labute approximate surface area is 115 Å². The highest BCUT2D eigenvalue weighted by atomic mass is 35.5. The summed E-state index contributed by atoms with van der Waals surface area (Å²) in [5.74, 6) is 0.497. The highest BCUT2D eigenvalue weighted by molar-refractivity contribution is 7.09. The van der Waals surface area contributed by atoms with Gasteiger partial charge in [0.1, 0.15) is 5.82 Å². The molecule has 0 unspecified atom stereocenters. The van der Waals surface area contributed by atoms with Crippen molar-refractivity contribution in [3.05, 3.63) is 38.9 Å². The van der Waals surface area contributed by atoms with Gasteiger partial charge in [0.25, 0.3) is 0 Å². The lowest BCUT2D eigenvalue weighted by atomic mass is 10.3. The monoisotopic (exact) mass is 282 g/mol. The van der Waals surface area contributed by atoms with E-state index in [-0.39, 0.29) is 0 Å². The standard InChI is InChI=1S/C12H15ClN4S/c1-8-11(18-7-15-8)6-17(2)5-10-9(13)3-4-12(14)16-10/h3-4,7H,5-6H2,1-2H3,(H2,14,16). The molecule has 0 radical (unpaired) electrons. The molecule has 2 aromatic rings. The van der Waals surface area contributed by atoms with Gasteiger partial charge < -0.3 is 5.73 Å². The first kappa shape index (κ1) is 13.3. The van der Waals surface area contributed by atoms with Crippen molar-refractivity contribution in [2.45, 2.75) is 20.0 Å². The number of hydrogen-bond acceptors (Lipinski definition) is 5. The van der Waals surface area contributed by atoms with Gasteiger partial charge in [-0.25, -0.2) is 9.97 Å². The fraction of sp³-hybridized carbons (Fsp3) is 0.333. The molecule has 0 bridgehead atoms. The van der Waals surface area contributed by atoms with Crippen LogP contribution in [0, 0.1) is 6.92 Å². The molecule has 4 nitrogen and oxygen atoms in total. The van der Waals surface area contributed by atoms with E-state index >= 15 is 0 Å². The Morgan fingerprint density at radius 2 is 2.17 bits per heavy atom. The molecule has 2 N–H and O–H groups in total. The van der Waals surface area contributed by atoms with Gasteiger partial charge in [-0.05, 0) is 26.1 Å². The number of hydrogen-bond donors (Lipinski definition) is 1. The summed E-state index contributed by atoms with van der Waals surface area (Å²) in [7, 11) is 2.03. The Morgan fingerprint density at radius 1 is 1.39 bits per heavy atom. The second-order valence-electron chi connectivity index (χ2n) is 4.20. The zero-order chi connectivity index (χ0) is 13.1. The van der Waals surface area contributed by atoms with Crippen LogP contribution in [0.4, 0.5) is 5.82 Å². The normalized spacial score (nSPS) is 11.1. The number of anilines is 1. The van der Waals surface area contributed by atoms with Crippen molar-refractivity contribution >= 4 is 28.8 Å². The molecule has 0 saturated heterocycles. The predicted octanol–water partition coefficient (Wildman–Crippen LogP) is 2.71. The largest absolute Gasteiger partial charge is 0.384 e. The molecule has 6 heteroatoms. The van der Waals surface area contributed by atoms with Crippen LogP contribution in [-0.2, 0) is 13.1 Å². The molecule has 2 aromatic heterocycles. The second-order valence-corrected chi connectivity index (χ2v) is 5.54. The van der Waals surface area contributed by atoms with Crippen LogP contribution < -0.4 is 5.73 Å². The summed E-state index contributed by atoms with van der Waals surface area (Å²) in [6.07, 6.45) is 0. The van der Waals surface area contributed by atoms with Gasteiger partial charge in [-0.15, -0.1) is 11.3 Å². The smallest absolute Gasteiger partial charge is 0.123 e. The maximum absolute atomic E-state index is 6.10. The highest BCUT2D eigenvalue weighted by Gasteiger charge is 2.09. The zero-order valence-electron chi connectivity index (χ0n) is 10.4. The van der Waals surface area contributed by atoms with Gasteiger partial charge in [0.05, 0.1) is 21.9 Å². The average Bonchev–Trinajstić information content (AvgIpc) is 2.70. The topological polar surface area (TPSA) is 55.0 Å². The summed E-state index contributed by atoms with van der Waals surface area (Å²) in [5.41, 5.74) is 9.42. The molecule has 0 aromatic carbocycles. The molecule has 18 heavy (non-hydrogen) atoms. The van der Waals surface area contributed by atoms with E-state index in [0.29, 0.717) is 17.4 Å². The van der Waals surface area contributed by atoms with E-state index in [2.05, 4.69) is 14.9 Å². The minimum atomic E-state index is 0.497. The van der Waals surface area contributed by atoms with E-state index in [0.717, 1.165) is 17.9 Å². The average molecular weight is 283 g/mol. The molecule has 0 aliphatic rings. The molecule has 0 saturated carbocycles. The van der Waals surface area contributed by atoms with Gasteiger partial charge in [-0.1, -0.05) is 11.6 Å². The maximum Gasteiger partial charge on any atom is 0.123 e. The van der Waals surface area contributed by atoms with Crippen LogP contribution in [0.2, 0.25) is 5.02 Å². The van der Waals surface area contributed by atoms with E-state index in [1.165, 1.54) is 4.88 Å². The minimum Gasteiger partial charge on any atom is -0.384 e. The van der Waals surface area contributed by atoms with Gasteiger partial charge in [0, 0.05) is 18.0 Å². The van der Waals surface area contributed by atoms with Crippen LogP contribution in [0.5, 0.6) is 0 Å². The molecule has 0 aliphatic heterocycles. The van der Waals surface area contributed by atoms with Crippen molar-refractivity contribution < 1.29 is 0 Å². The molecule has 0 spiro atoms. The first-order chi connectivity index (χ1) is 8.56. The van der Waals surface area contributed by atoms with E-state index in [1.807, 2.05) is 19.5 Å². The van der Waals surface area contributed by atoms with E-state index in [4.69, 9.17) is 17.3 Å². The molecule has 0 amide bonds. The number of halogens is 1. The fourth-order valence-corrected chi connectivity index (χ4v) is 2.67. The zero-order valence-corrected chi connectivity index (χ0v) is 11.9. The fourth-order valence-electron chi connectivity index (χ4n) is 1.65. The number of aryl methyl sites for hydroxylation is 1. The third kappa shape index (κ3) is 3.19. The highest BCUT2D eigenvalue weighted by Crippen LogP contribution is 2.19. The van der Waals surface area contributed by atoms with Crippen LogP contribution in [0.3, 0.4) is 0 Å². The van der Waals surface area contributed by atoms with Crippen LogP contribution in [-0.4, -0.2) is 21.9 Å². The number of rotatable bonds is 4. The van der Waals surface area contributed by atoms with Crippen molar-refractivity contribution in [2.75, 3.05) is 12.8 Å². The van der Waals surface area contributed by atoms with Gasteiger partial charge >= 0.3 is 0 Å². The van der Waals surface area contributed by atoms with E-state index < -0.39 is 0 Å². The summed E-state index contributed by atoms with van der Waals surface area (Å²) in [4.78, 5) is 11.9. The van der Waals surface area contributed by atoms with E-state index in [9.17, 15) is 0 Å². The summed E-state index contributed by atoms with van der Waals surface area (Å²) in [5, 5.41) is 0.650.